The summed E-state index contributed by atoms with van der Waals surface area (Å²) in [7, 11) is -3.68. The molecule has 0 atom stereocenters. The fourth-order valence-electron chi connectivity index (χ4n) is 4.21. The quantitative estimate of drug-likeness (QED) is 0.637. The molecule has 2 aromatic rings. The van der Waals surface area contributed by atoms with Crippen LogP contribution in [0.1, 0.15) is 29.6 Å². The molecule has 0 amide bonds. The summed E-state index contributed by atoms with van der Waals surface area (Å²) >= 11 is 3.38. The van der Waals surface area contributed by atoms with Crippen molar-refractivity contribution in [2.24, 2.45) is 0 Å². The minimum absolute atomic E-state index is 0.0284. The molecule has 158 valence electrons. The molecule has 0 aliphatic carbocycles. The average molecular weight is 494 g/mol. The molecule has 9 heteroatoms. The SMILES string of the molecule is O=C1CC2(CCN(S(=O)(=O)c3ccc4c(c3)OCCO4)CC2)Oc2ccc(Br)cc21. The minimum atomic E-state index is -3.68. The van der Waals surface area contributed by atoms with Crippen LogP contribution in [0.5, 0.6) is 17.2 Å². The molecule has 5 rings (SSSR count). The number of fused-ring (bicyclic) bond motifs is 2. The lowest BCUT2D eigenvalue weighted by Gasteiger charge is -2.43. The Balaban J connectivity index is 1.34. The maximum Gasteiger partial charge on any atom is 0.243 e. The van der Waals surface area contributed by atoms with Gasteiger partial charge in [0.1, 0.15) is 24.6 Å². The van der Waals surface area contributed by atoms with Crippen molar-refractivity contribution in [1.29, 1.82) is 0 Å². The summed E-state index contributed by atoms with van der Waals surface area (Å²) in [6.45, 7) is 1.42. The molecule has 0 N–H and O–H groups in total. The number of Topliss-reactive ketones (excluding diaryl/α,β-unsaturated/α-hetero) is 1. The molecule has 3 heterocycles. The van der Waals surface area contributed by atoms with Crippen LogP contribution in [0.15, 0.2) is 45.8 Å². The smallest absolute Gasteiger partial charge is 0.243 e. The van der Waals surface area contributed by atoms with Gasteiger partial charge in [-0.1, -0.05) is 15.9 Å². The lowest BCUT2D eigenvalue weighted by molar-refractivity contribution is 0.00589. The summed E-state index contributed by atoms with van der Waals surface area (Å²) in [6.07, 6.45) is 1.17. The maximum absolute atomic E-state index is 13.2. The van der Waals surface area contributed by atoms with Gasteiger partial charge in [-0.15, -0.1) is 0 Å². The van der Waals surface area contributed by atoms with E-state index in [1.165, 1.54) is 10.4 Å². The van der Waals surface area contributed by atoms with Crippen LogP contribution in [0.3, 0.4) is 0 Å². The highest BCUT2D eigenvalue weighted by Gasteiger charge is 2.45. The zero-order chi connectivity index (χ0) is 20.9. The van der Waals surface area contributed by atoms with E-state index in [4.69, 9.17) is 14.2 Å². The number of ether oxygens (including phenoxy) is 3. The number of ketones is 1. The Morgan fingerprint density at radius 1 is 0.933 bits per heavy atom. The summed E-state index contributed by atoms with van der Waals surface area (Å²) in [5.74, 6) is 1.59. The van der Waals surface area contributed by atoms with Crippen molar-refractivity contribution < 1.29 is 27.4 Å². The summed E-state index contributed by atoms with van der Waals surface area (Å²) < 4.78 is 45.8. The second-order valence-corrected chi connectivity index (χ2v) is 10.6. The molecule has 3 aliphatic heterocycles. The van der Waals surface area contributed by atoms with Crippen LogP contribution in [0.25, 0.3) is 0 Å². The Hall–Kier alpha value is -2.10. The van der Waals surface area contributed by atoms with Crippen LogP contribution >= 0.6 is 15.9 Å². The van der Waals surface area contributed by atoms with Crippen LogP contribution in [0.2, 0.25) is 0 Å². The third-order valence-corrected chi connectivity index (χ3v) is 8.22. The largest absolute Gasteiger partial charge is 0.486 e. The number of rotatable bonds is 2. The van der Waals surface area contributed by atoms with Crippen LogP contribution < -0.4 is 14.2 Å². The lowest BCUT2D eigenvalue weighted by atomic mass is 9.83. The molecule has 0 saturated carbocycles. The van der Waals surface area contributed by atoms with Gasteiger partial charge in [0.2, 0.25) is 10.0 Å². The Kier molecular flexibility index (Phi) is 4.79. The van der Waals surface area contributed by atoms with Crippen LogP contribution in [0.4, 0.5) is 0 Å². The second-order valence-electron chi connectivity index (χ2n) is 7.74. The van der Waals surface area contributed by atoms with E-state index < -0.39 is 15.6 Å². The fraction of sp³-hybridized carbons (Fsp3) is 0.381. The molecule has 2 aromatic carbocycles. The van der Waals surface area contributed by atoms with Gasteiger partial charge in [-0.25, -0.2) is 8.42 Å². The van der Waals surface area contributed by atoms with Gasteiger partial charge in [0, 0.05) is 36.5 Å². The van der Waals surface area contributed by atoms with Crippen molar-refractivity contribution >= 4 is 31.7 Å². The molecular weight excluding hydrogens is 474 g/mol. The van der Waals surface area contributed by atoms with Gasteiger partial charge in [-0.2, -0.15) is 4.31 Å². The van der Waals surface area contributed by atoms with Gasteiger partial charge in [0.25, 0.3) is 0 Å². The van der Waals surface area contributed by atoms with Gasteiger partial charge in [-0.05, 0) is 30.3 Å². The molecule has 0 unspecified atom stereocenters. The summed E-state index contributed by atoms with van der Waals surface area (Å²) in [4.78, 5) is 12.9. The van der Waals surface area contributed by atoms with E-state index in [0.29, 0.717) is 48.9 Å². The van der Waals surface area contributed by atoms with Gasteiger partial charge in [-0.3, -0.25) is 4.79 Å². The summed E-state index contributed by atoms with van der Waals surface area (Å²) in [5, 5.41) is 0. The first-order chi connectivity index (χ1) is 14.4. The van der Waals surface area contributed by atoms with Crippen molar-refractivity contribution in [3.63, 3.8) is 0 Å². The molecule has 30 heavy (non-hydrogen) atoms. The topological polar surface area (TPSA) is 82.1 Å². The number of sulfonamides is 1. The van der Waals surface area contributed by atoms with E-state index in [1.54, 1.807) is 24.3 Å². The highest BCUT2D eigenvalue weighted by molar-refractivity contribution is 9.10. The Morgan fingerprint density at radius 2 is 1.63 bits per heavy atom. The number of benzene rings is 2. The summed E-state index contributed by atoms with van der Waals surface area (Å²) in [6, 6.07) is 10.1. The van der Waals surface area contributed by atoms with Gasteiger partial charge < -0.3 is 14.2 Å². The third-order valence-electron chi connectivity index (χ3n) is 5.84. The molecule has 1 fully saturated rings. The van der Waals surface area contributed by atoms with Crippen molar-refractivity contribution in [2.45, 2.75) is 29.8 Å². The fourth-order valence-corrected chi connectivity index (χ4v) is 6.03. The predicted octanol–water partition coefficient (Wildman–Crippen LogP) is 3.41. The number of nitrogens with zero attached hydrogens (tertiary/aromatic N) is 1. The molecule has 3 aliphatic rings. The van der Waals surface area contributed by atoms with Gasteiger partial charge in [0.05, 0.1) is 16.9 Å². The van der Waals surface area contributed by atoms with Crippen LogP contribution in [-0.2, 0) is 10.0 Å². The van der Waals surface area contributed by atoms with E-state index in [-0.39, 0.29) is 30.2 Å². The third kappa shape index (κ3) is 3.38. The number of carbonyl (C=O) groups excluding carboxylic acids is 1. The van der Waals surface area contributed by atoms with Crippen LogP contribution in [-0.4, -0.2) is 50.4 Å². The Bertz CT molecular complexity index is 1120. The van der Waals surface area contributed by atoms with Crippen molar-refractivity contribution in [3.05, 3.63) is 46.4 Å². The number of halogens is 1. The average Bonchev–Trinajstić information content (AvgIpc) is 2.74. The Morgan fingerprint density at radius 3 is 2.40 bits per heavy atom. The van der Waals surface area contributed by atoms with E-state index in [9.17, 15) is 13.2 Å². The van der Waals surface area contributed by atoms with Crippen LogP contribution in [0, 0.1) is 0 Å². The maximum atomic E-state index is 13.2. The normalized spacial score (nSPS) is 20.5. The van der Waals surface area contributed by atoms with Gasteiger partial charge >= 0.3 is 0 Å². The first kappa shape index (κ1) is 19.8. The van der Waals surface area contributed by atoms with E-state index >= 15 is 0 Å². The molecule has 0 aromatic heterocycles. The summed E-state index contributed by atoms with van der Waals surface area (Å²) in [5.41, 5.74) is -0.0853. The number of carbonyl (C=O) groups is 1. The Labute approximate surface area is 183 Å². The zero-order valence-corrected chi connectivity index (χ0v) is 18.5. The van der Waals surface area contributed by atoms with Crippen molar-refractivity contribution in [1.82, 2.24) is 4.31 Å². The van der Waals surface area contributed by atoms with Gasteiger partial charge in [0.15, 0.2) is 17.3 Å². The number of piperidine rings is 1. The molecule has 1 saturated heterocycles. The number of hydrogen-bond acceptors (Lipinski definition) is 6. The van der Waals surface area contributed by atoms with E-state index in [2.05, 4.69) is 15.9 Å². The van der Waals surface area contributed by atoms with Crippen molar-refractivity contribution in [3.8, 4) is 17.2 Å². The molecular formula is C21H20BrNO6S. The monoisotopic (exact) mass is 493 g/mol. The molecule has 0 bridgehead atoms. The molecule has 7 nitrogen and oxygen atoms in total. The van der Waals surface area contributed by atoms with E-state index in [1.807, 2.05) is 6.07 Å². The molecule has 1 spiro atoms. The molecule has 0 radical (unpaired) electrons. The highest BCUT2D eigenvalue weighted by Crippen LogP contribution is 2.41. The van der Waals surface area contributed by atoms with E-state index in [0.717, 1.165) is 4.47 Å². The van der Waals surface area contributed by atoms with Crippen molar-refractivity contribution in [2.75, 3.05) is 26.3 Å². The predicted molar refractivity (Wildman–Crippen MR) is 112 cm³/mol. The second kappa shape index (κ2) is 7.25. The lowest BCUT2D eigenvalue weighted by Crippen LogP contribution is -2.52. The standard InChI is InChI=1S/C21H20BrNO6S/c22-14-1-3-18-16(11-14)17(24)13-21(29-18)5-7-23(8-6-21)30(25,26)15-2-4-19-20(12-15)28-10-9-27-19/h1-4,11-12H,5-10,13H2. The minimum Gasteiger partial charge on any atom is -0.486 e. The first-order valence-electron chi connectivity index (χ1n) is 9.78. The first-order valence-corrected chi connectivity index (χ1v) is 12.0. The zero-order valence-electron chi connectivity index (χ0n) is 16.1. The highest BCUT2D eigenvalue weighted by atomic mass is 79.9. The number of hydrogen-bond donors (Lipinski definition) is 0.